The molecule has 6 heteroatoms. The average molecular weight is 286 g/mol. The van der Waals surface area contributed by atoms with Crippen LogP contribution in [0.5, 0.6) is 0 Å². The standard InChI is InChI=1S/C14H26N2O4/c1-10(2)11-8-16(13(19)20-14(3,4)5)7-6-15(11)9-12(17)18/h10-11H,6-9H2,1-5H3,(H,17,18)/t11-/m0/s1. The Morgan fingerprint density at radius 3 is 2.35 bits per heavy atom. The highest BCUT2D eigenvalue weighted by molar-refractivity contribution is 5.70. The summed E-state index contributed by atoms with van der Waals surface area (Å²) in [5.41, 5.74) is -0.511. The van der Waals surface area contributed by atoms with Crippen LogP contribution in [0.3, 0.4) is 0 Å². The minimum absolute atomic E-state index is 0.0189. The normalized spacial score (nSPS) is 21.1. The zero-order chi connectivity index (χ0) is 15.5. The number of hydrogen-bond donors (Lipinski definition) is 1. The van der Waals surface area contributed by atoms with E-state index in [4.69, 9.17) is 9.84 Å². The molecule has 0 aromatic carbocycles. The molecule has 116 valence electrons. The topological polar surface area (TPSA) is 70.1 Å². The molecule has 1 aliphatic rings. The molecular formula is C14H26N2O4. The molecule has 6 nitrogen and oxygen atoms in total. The monoisotopic (exact) mass is 286 g/mol. The van der Waals surface area contributed by atoms with Crippen LogP contribution in [0.2, 0.25) is 0 Å². The van der Waals surface area contributed by atoms with Crippen molar-refractivity contribution < 1.29 is 19.4 Å². The number of amides is 1. The van der Waals surface area contributed by atoms with Crippen molar-refractivity contribution in [3.63, 3.8) is 0 Å². The van der Waals surface area contributed by atoms with E-state index in [1.165, 1.54) is 0 Å². The summed E-state index contributed by atoms with van der Waals surface area (Å²) in [7, 11) is 0. The van der Waals surface area contributed by atoms with Crippen LogP contribution in [0.1, 0.15) is 34.6 Å². The van der Waals surface area contributed by atoms with Crippen LogP contribution in [0.4, 0.5) is 4.79 Å². The molecule has 0 aromatic rings. The van der Waals surface area contributed by atoms with Crippen molar-refractivity contribution in [3.05, 3.63) is 0 Å². The quantitative estimate of drug-likeness (QED) is 0.854. The predicted molar refractivity (Wildman–Crippen MR) is 75.6 cm³/mol. The fourth-order valence-corrected chi connectivity index (χ4v) is 2.34. The van der Waals surface area contributed by atoms with E-state index >= 15 is 0 Å². The summed E-state index contributed by atoms with van der Waals surface area (Å²) in [5, 5.41) is 8.95. The molecule has 0 saturated carbocycles. The lowest BCUT2D eigenvalue weighted by Crippen LogP contribution is -2.58. The summed E-state index contributed by atoms with van der Waals surface area (Å²) >= 11 is 0. The summed E-state index contributed by atoms with van der Waals surface area (Å²) in [4.78, 5) is 26.6. The second kappa shape index (κ2) is 6.43. The number of piperazine rings is 1. The number of carbonyl (C=O) groups is 2. The zero-order valence-electron chi connectivity index (χ0n) is 13.0. The lowest BCUT2D eigenvalue weighted by atomic mass is 10.00. The first-order chi connectivity index (χ1) is 9.10. The third-order valence-corrected chi connectivity index (χ3v) is 3.29. The van der Waals surface area contributed by atoms with Gasteiger partial charge in [0.2, 0.25) is 0 Å². The van der Waals surface area contributed by atoms with Crippen molar-refractivity contribution in [3.8, 4) is 0 Å². The molecule has 1 N–H and O–H groups in total. The van der Waals surface area contributed by atoms with E-state index < -0.39 is 11.6 Å². The maximum atomic E-state index is 12.1. The molecule has 1 aliphatic heterocycles. The summed E-state index contributed by atoms with van der Waals surface area (Å²) in [6.07, 6.45) is -0.321. The number of hydrogen-bond acceptors (Lipinski definition) is 4. The van der Waals surface area contributed by atoms with Crippen LogP contribution in [0.15, 0.2) is 0 Å². The largest absolute Gasteiger partial charge is 0.480 e. The van der Waals surface area contributed by atoms with Crippen LogP contribution < -0.4 is 0 Å². The van der Waals surface area contributed by atoms with Crippen molar-refractivity contribution in [2.24, 2.45) is 5.92 Å². The molecule has 0 aliphatic carbocycles. The molecule has 0 aromatic heterocycles. The highest BCUT2D eigenvalue weighted by atomic mass is 16.6. The van der Waals surface area contributed by atoms with Gasteiger partial charge >= 0.3 is 12.1 Å². The summed E-state index contributed by atoms with van der Waals surface area (Å²) in [5.74, 6) is -0.555. The fraction of sp³-hybridized carbons (Fsp3) is 0.857. The molecule has 1 amide bonds. The van der Waals surface area contributed by atoms with Gasteiger partial charge in [0.1, 0.15) is 5.60 Å². The molecule has 1 rings (SSSR count). The summed E-state index contributed by atoms with van der Waals surface area (Å²) < 4.78 is 5.37. The smallest absolute Gasteiger partial charge is 0.410 e. The lowest BCUT2D eigenvalue weighted by molar-refractivity contribution is -0.139. The number of rotatable bonds is 3. The number of aliphatic carboxylic acids is 1. The van der Waals surface area contributed by atoms with E-state index in [1.807, 2.05) is 39.5 Å². The van der Waals surface area contributed by atoms with Gasteiger partial charge in [0.25, 0.3) is 0 Å². The molecule has 20 heavy (non-hydrogen) atoms. The molecular weight excluding hydrogens is 260 g/mol. The van der Waals surface area contributed by atoms with Gasteiger partial charge in [-0.25, -0.2) is 4.79 Å². The average Bonchev–Trinajstić information content (AvgIpc) is 2.25. The van der Waals surface area contributed by atoms with Crippen LogP contribution in [0, 0.1) is 5.92 Å². The molecule has 1 atom stereocenters. The van der Waals surface area contributed by atoms with Gasteiger partial charge in [-0.1, -0.05) is 13.8 Å². The zero-order valence-corrected chi connectivity index (χ0v) is 13.0. The highest BCUT2D eigenvalue weighted by Crippen LogP contribution is 2.19. The highest BCUT2D eigenvalue weighted by Gasteiger charge is 2.34. The van der Waals surface area contributed by atoms with E-state index in [2.05, 4.69) is 0 Å². The van der Waals surface area contributed by atoms with Crippen LogP contribution >= 0.6 is 0 Å². The first-order valence-corrected chi connectivity index (χ1v) is 7.04. The Balaban J connectivity index is 2.68. The predicted octanol–water partition coefficient (Wildman–Crippen LogP) is 1.65. The molecule has 1 heterocycles. The minimum atomic E-state index is -0.832. The molecule has 1 fully saturated rings. The van der Waals surface area contributed by atoms with Crippen molar-refractivity contribution in [2.45, 2.75) is 46.3 Å². The third kappa shape index (κ3) is 5.00. The third-order valence-electron chi connectivity index (χ3n) is 3.29. The second-order valence-corrected chi connectivity index (χ2v) is 6.60. The van der Waals surface area contributed by atoms with E-state index in [9.17, 15) is 9.59 Å². The number of nitrogens with zero attached hydrogens (tertiary/aromatic N) is 2. The molecule has 0 spiro atoms. The first-order valence-electron chi connectivity index (χ1n) is 7.04. The fourth-order valence-electron chi connectivity index (χ4n) is 2.34. The van der Waals surface area contributed by atoms with Gasteiger partial charge in [0.05, 0.1) is 6.54 Å². The van der Waals surface area contributed by atoms with E-state index in [0.29, 0.717) is 19.6 Å². The van der Waals surface area contributed by atoms with Gasteiger partial charge in [-0.05, 0) is 26.7 Å². The Labute approximate surface area is 120 Å². The number of ether oxygens (including phenoxy) is 1. The van der Waals surface area contributed by atoms with Crippen LogP contribution in [0.25, 0.3) is 0 Å². The first kappa shape index (κ1) is 16.8. The van der Waals surface area contributed by atoms with Crippen molar-refractivity contribution in [1.29, 1.82) is 0 Å². The van der Waals surface area contributed by atoms with E-state index in [-0.39, 0.29) is 24.6 Å². The van der Waals surface area contributed by atoms with E-state index in [0.717, 1.165) is 0 Å². The maximum Gasteiger partial charge on any atom is 0.410 e. The van der Waals surface area contributed by atoms with Crippen molar-refractivity contribution in [1.82, 2.24) is 9.80 Å². The Hall–Kier alpha value is -1.30. The SMILES string of the molecule is CC(C)[C@@H]1CN(C(=O)OC(C)(C)C)CCN1CC(=O)O. The Bertz CT molecular complexity index is 363. The molecule has 1 saturated heterocycles. The molecule has 0 bridgehead atoms. The molecule has 0 radical (unpaired) electrons. The van der Waals surface area contributed by atoms with E-state index in [1.54, 1.807) is 4.90 Å². The summed E-state index contributed by atoms with van der Waals surface area (Å²) in [6, 6.07) is 0.0485. The number of carboxylic acids is 1. The van der Waals surface area contributed by atoms with Gasteiger partial charge in [-0.2, -0.15) is 0 Å². The summed E-state index contributed by atoms with van der Waals surface area (Å²) in [6.45, 7) is 11.2. The van der Waals surface area contributed by atoms with Gasteiger partial charge in [-0.3, -0.25) is 9.69 Å². The van der Waals surface area contributed by atoms with Gasteiger partial charge in [0, 0.05) is 25.7 Å². The lowest BCUT2D eigenvalue weighted by Gasteiger charge is -2.42. The number of carboxylic acid groups (broad SMARTS) is 1. The van der Waals surface area contributed by atoms with Gasteiger partial charge in [-0.15, -0.1) is 0 Å². The van der Waals surface area contributed by atoms with Gasteiger partial charge < -0.3 is 14.7 Å². The molecule has 0 unspecified atom stereocenters. The Kier molecular flexibility index (Phi) is 5.39. The van der Waals surface area contributed by atoms with Crippen molar-refractivity contribution >= 4 is 12.1 Å². The second-order valence-electron chi connectivity index (χ2n) is 6.60. The Morgan fingerprint density at radius 1 is 1.30 bits per heavy atom. The maximum absolute atomic E-state index is 12.1. The minimum Gasteiger partial charge on any atom is -0.480 e. The van der Waals surface area contributed by atoms with Crippen LogP contribution in [-0.2, 0) is 9.53 Å². The van der Waals surface area contributed by atoms with Crippen molar-refractivity contribution in [2.75, 3.05) is 26.2 Å². The Morgan fingerprint density at radius 2 is 1.90 bits per heavy atom. The van der Waals surface area contributed by atoms with Crippen LogP contribution in [-0.4, -0.2) is 64.8 Å². The van der Waals surface area contributed by atoms with Gasteiger partial charge in [0.15, 0.2) is 0 Å². The number of carbonyl (C=O) groups excluding carboxylic acids is 1.